The Balaban J connectivity index is 1.98. The van der Waals surface area contributed by atoms with E-state index in [1.165, 1.54) is 11.4 Å². The number of carbonyl (C=O) groups is 3. The van der Waals surface area contributed by atoms with Gasteiger partial charge in [0.1, 0.15) is 6.29 Å². The highest BCUT2D eigenvalue weighted by molar-refractivity contribution is 6.15. The minimum atomic E-state index is -0.503. The fourth-order valence-electron chi connectivity index (χ4n) is 4.73. The van der Waals surface area contributed by atoms with Gasteiger partial charge >= 0.3 is 6.03 Å². The Bertz CT molecular complexity index is 1120. The lowest BCUT2D eigenvalue weighted by atomic mass is 9.82. The normalized spacial score (nSPS) is 17.0. The summed E-state index contributed by atoms with van der Waals surface area (Å²) >= 11 is 0. The van der Waals surface area contributed by atoms with E-state index in [4.69, 9.17) is 10.8 Å². The molecule has 0 bridgehead atoms. The van der Waals surface area contributed by atoms with Gasteiger partial charge in [-0.15, -0.1) is 0 Å². The predicted molar refractivity (Wildman–Crippen MR) is 129 cm³/mol. The lowest BCUT2D eigenvalue weighted by Gasteiger charge is -2.29. The van der Waals surface area contributed by atoms with E-state index in [9.17, 15) is 14.4 Å². The number of benzene rings is 2. The molecule has 2 N–H and O–H groups in total. The summed E-state index contributed by atoms with van der Waals surface area (Å²) in [6.45, 7) is 5.69. The maximum Gasteiger partial charge on any atom is 0.349 e. The number of amides is 3. The molecule has 0 radical (unpaired) electrons. The predicted octanol–water partition coefficient (Wildman–Crippen LogP) is 5.17. The fraction of sp³-hybridized carbons (Fsp3) is 0.385. The molecular weight excluding hydrogens is 416 g/mol. The fourth-order valence-corrected chi connectivity index (χ4v) is 4.73. The third kappa shape index (κ3) is 4.27. The first-order valence-electron chi connectivity index (χ1n) is 11.5. The Morgan fingerprint density at radius 2 is 1.79 bits per heavy atom. The van der Waals surface area contributed by atoms with Crippen molar-refractivity contribution in [3.63, 3.8) is 0 Å². The quantitative estimate of drug-likeness (QED) is 0.642. The number of aryl methyl sites for hydroxylation is 1. The lowest BCUT2D eigenvalue weighted by molar-refractivity contribution is 0.0999. The first-order chi connectivity index (χ1) is 15.8. The van der Waals surface area contributed by atoms with Crippen molar-refractivity contribution < 1.29 is 14.4 Å². The average molecular weight is 447 g/mol. The second-order valence-electron chi connectivity index (χ2n) is 9.13. The van der Waals surface area contributed by atoms with Gasteiger partial charge in [-0.05, 0) is 75.6 Å². The molecule has 0 spiro atoms. The summed E-state index contributed by atoms with van der Waals surface area (Å²) in [6, 6.07) is 10.1. The Kier molecular flexibility index (Phi) is 6.31. The Labute approximate surface area is 194 Å². The van der Waals surface area contributed by atoms with Crippen molar-refractivity contribution in [2.45, 2.75) is 58.9 Å². The number of hydrazone groups is 1. The zero-order chi connectivity index (χ0) is 23.7. The van der Waals surface area contributed by atoms with E-state index in [0.29, 0.717) is 28.1 Å². The second kappa shape index (κ2) is 9.17. The molecule has 1 heterocycles. The van der Waals surface area contributed by atoms with Crippen molar-refractivity contribution in [2.75, 3.05) is 4.90 Å². The van der Waals surface area contributed by atoms with E-state index in [-0.39, 0.29) is 18.0 Å². The molecule has 7 nitrogen and oxygen atoms in total. The Morgan fingerprint density at radius 3 is 2.36 bits per heavy atom. The number of carbonyl (C=O) groups excluding carboxylic acids is 3. The number of aldehydes is 1. The minimum absolute atomic E-state index is 0.168. The van der Waals surface area contributed by atoms with Gasteiger partial charge in [-0.1, -0.05) is 19.3 Å². The van der Waals surface area contributed by atoms with E-state index < -0.39 is 5.91 Å². The highest BCUT2D eigenvalue weighted by Crippen LogP contribution is 2.39. The molecule has 0 saturated heterocycles. The summed E-state index contributed by atoms with van der Waals surface area (Å²) in [5.74, 6) is -0.302. The highest BCUT2D eigenvalue weighted by Gasteiger charge is 2.35. The van der Waals surface area contributed by atoms with Crippen LogP contribution in [0, 0.1) is 12.8 Å². The lowest BCUT2D eigenvalue weighted by Crippen LogP contribution is -2.41. The van der Waals surface area contributed by atoms with Crippen molar-refractivity contribution in [1.82, 2.24) is 5.01 Å². The largest absolute Gasteiger partial charge is 0.366 e. The van der Waals surface area contributed by atoms with Gasteiger partial charge in [0.2, 0.25) is 5.91 Å². The molecule has 33 heavy (non-hydrogen) atoms. The van der Waals surface area contributed by atoms with Crippen molar-refractivity contribution >= 4 is 35.3 Å². The van der Waals surface area contributed by atoms with Gasteiger partial charge in [-0.3, -0.25) is 14.5 Å². The van der Waals surface area contributed by atoms with Crippen molar-refractivity contribution in [1.29, 1.82) is 0 Å². The van der Waals surface area contributed by atoms with Crippen LogP contribution in [0.1, 0.15) is 77.8 Å². The Hall–Kier alpha value is -3.48. The van der Waals surface area contributed by atoms with E-state index >= 15 is 0 Å². The van der Waals surface area contributed by atoms with Crippen LogP contribution in [0.3, 0.4) is 0 Å². The van der Waals surface area contributed by atoms with E-state index in [2.05, 4.69) is 0 Å². The summed E-state index contributed by atoms with van der Waals surface area (Å²) in [4.78, 5) is 38.8. The third-order valence-corrected chi connectivity index (χ3v) is 6.50. The van der Waals surface area contributed by atoms with Crippen LogP contribution >= 0.6 is 0 Å². The van der Waals surface area contributed by atoms with Gasteiger partial charge < -0.3 is 5.73 Å². The maximum atomic E-state index is 13.8. The number of primary amides is 1. The number of fused-ring (bicyclic) bond motifs is 1. The molecule has 1 saturated carbocycles. The molecule has 1 fully saturated rings. The number of anilines is 2. The zero-order valence-corrected chi connectivity index (χ0v) is 19.4. The van der Waals surface area contributed by atoms with Crippen LogP contribution in [0.25, 0.3) is 0 Å². The molecule has 7 heteroatoms. The first kappa shape index (κ1) is 22.7. The molecule has 2 aromatic rings. The standard InChI is InChI=1S/C26H30N4O3/c1-16(2)30-26(33)29(20-11-9-18(15-31)10-12-20)23-13-17(3)21(25(27)32)14-22(23)24(28-30)19-7-5-4-6-8-19/h9-16,19H,4-8H2,1-3H3,(H2,27,32). The van der Waals surface area contributed by atoms with Crippen molar-refractivity contribution in [3.05, 3.63) is 58.7 Å². The van der Waals surface area contributed by atoms with Crippen LogP contribution in [0.2, 0.25) is 0 Å². The summed E-state index contributed by atoms with van der Waals surface area (Å²) in [5.41, 5.74) is 10.2. The molecule has 0 atom stereocenters. The van der Waals surface area contributed by atoms with Crippen molar-refractivity contribution in [3.8, 4) is 0 Å². The second-order valence-corrected chi connectivity index (χ2v) is 9.13. The first-order valence-corrected chi connectivity index (χ1v) is 11.5. The number of urea groups is 1. The number of nitrogens with zero attached hydrogens (tertiary/aromatic N) is 3. The number of hydrogen-bond acceptors (Lipinski definition) is 4. The summed E-state index contributed by atoms with van der Waals surface area (Å²) in [6.07, 6.45) is 6.17. The van der Waals surface area contributed by atoms with Crippen LogP contribution < -0.4 is 10.6 Å². The van der Waals surface area contributed by atoms with Crippen LogP contribution in [-0.2, 0) is 0 Å². The van der Waals surface area contributed by atoms with Gasteiger partial charge in [0.05, 0.1) is 23.1 Å². The summed E-state index contributed by atoms with van der Waals surface area (Å²) in [5, 5.41) is 6.44. The van der Waals surface area contributed by atoms with Gasteiger partial charge in [-0.25, -0.2) is 9.80 Å². The van der Waals surface area contributed by atoms with E-state index in [1.807, 2.05) is 26.8 Å². The molecule has 172 valence electrons. The molecule has 2 aliphatic rings. The van der Waals surface area contributed by atoms with Crippen molar-refractivity contribution in [2.24, 2.45) is 16.8 Å². The topological polar surface area (TPSA) is 96.1 Å². The third-order valence-electron chi connectivity index (χ3n) is 6.50. The van der Waals surface area contributed by atoms with Crippen LogP contribution in [0.15, 0.2) is 41.5 Å². The van der Waals surface area contributed by atoms with Crippen LogP contribution in [-0.4, -0.2) is 35.0 Å². The van der Waals surface area contributed by atoms with Gasteiger partial charge in [0.15, 0.2) is 0 Å². The van der Waals surface area contributed by atoms with E-state index in [1.54, 1.807) is 35.2 Å². The molecule has 2 aromatic carbocycles. The maximum absolute atomic E-state index is 13.8. The molecule has 1 aliphatic carbocycles. The minimum Gasteiger partial charge on any atom is -0.366 e. The zero-order valence-electron chi connectivity index (χ0n) is 19.4. The molecule has 0 aromatic heterocycles. The highest BCUT2D eigenvalue weighted by atomic mass is 16.2. The monoisotopic (exact) mass is 446 g/mol. The molecule has 3 amide bonds. The van der Waals surface area contributed by atoms with Gasteiger partial charge in [0, 0.05) is 22.6 Å². The number of nitrogens with two attached hydrogens (primary N) is 1. The van der Waals surface area contributed by atoms with E-state index in [0.717, 1.165) is 43.2 Å². The SMILES string of the molecule is Cc1cc2c(cc1C(N)=O)C(C1CCCCC1)=NN(C(C)C)C(=O)N2c1ccc(C=O)cc1. The number of rotatable bonds is 5. The molecular formula is C26H30N4O3. The van der Waals surface area contributed by atoms with Crippen LogP contribution in [0.4, 0.5) is 16.2 Å². The molecule has 4 rings (SSSR count). The van der Waals surface area contributed by atoms with Gasteiger partial charge in [0.25, 0.3) is 0 Å². The summed E-state index contributed by atoms with van der Waals surface area (Å²) < 4.78 is 0. The van der Waals surface area contributed by atoms with Gasteiger partial charge in [-0.2, -0.15) is 5.10 Å². The molecule has 0 unspecified atom stereocenters. The summed E-state index contributed by atoms with van der Waals surface area (Å²) in [7, 11) is 0. The smallest absolute Gasteiger partial charge is 0.349 e. The molecule has 1 aliphatic heterocycles. The van der Waals surface area contributed by atoms with Crippen LogP contribution in [0.5, 0.6) is 0 Å². The average Bonchev–Trinajstić information content (AvgIpc) is 2.93. The number of hydrogen-bond donors (Lipinski definition) is 1. The Morgan fingerprint density at radius 1 is 1.12 bits per heavy atom.